The zero-order valence-electron chi connectivity index (χ0n) is 42.5. The highest BCUT2D eigenvalue weighted by atomic mass is 32.1. The Labute approximate surface area is 460 Å². The van der Waals surface area contributed by atoms with Gasteiger partial charge in [-0.3, -0.25) is 0 Å². The fourth-order valence-electron chi connectivity index (χ4n) is 12.6. The first-order chi connectivity index (χ1) is 39.1. The standard InChI is InChI=1S/C73H45N3O2S/c1-5-18-46(19-6-1)51-38-52(47-20-7-2-8-21-47)41-55(40-51)63-45-62(74-72(75-63)56-42-53(48-22-9-3-10-23-48)39-54(43-56)49-24-11-4-12-25-49)50-26-17-27-57(44-50)76-64-30-15-14-29-59(64)73(60-34-36-77-70(60)71-61(73)35-37-78-71)69-65(76)32-33-67-68(69)58-28-13-16-31-66(58)79-67/h1-45H. The molecule has 370 valence electrons. The molecule has 2 aliphatic rings. The minimum Gasteiger partial charge on any atom is -0.461 e. The van der Waals surface area contributed by atoms with Crippen LogP contribution in [0.5, 0.6) is 0 Å². The third-order valence-electron chi connectivity index (χ3n) is 16.0. The molecule has 5 heterocycles. The number of fused-ring (bicyclic) bond motifs is 13. The normalized spacial score (nSPS) is 12.9. The predicted octanol–water partition coefficient (Wildman–Crippen LogP) is 19.8. The third kappa shape index (κ3) is 7.15. The van der Waals surface area contributed by atoms with Crippen LogP contribution in [-0.2, 0) is 5.41 Å². The van der Waals surface area contributed by atoms with Crippen molar-refractivity contribution in [1.29, 1.82) is 0 Å². The maximum absolute atomic E-state index is 6.36. The molecule has 6 heteroatoms. The van der Waals surface area contributed by atoms with Crippen molar-refractivity contribution in [3.63, 3.8) is 0 Å². The first-order valence-corrected chi connectivity index (χ1v) is 27.5. The van der Waals surface area contributed by atoms with Gasteiger partial charge in [-0.1, -0.05) is 170 Å². The van der Waals surface area contributed by atoms with E-state index in [1.165, 1.54) is 25.7 Å². The molecule has 0 fully saturated rings. The number of nitrogens with zero attached hydrogens (tertiary/aromatic N) is 3. The molecule has 10 aromatic carbocycles. The van der Waals surface area contributed by atoms with Crippen LogP contribution in [0.15, 0.2) is 282 Å². The largest absolute Gasteiger partial charge is 0.461 e. The number of benzene rings is 10. The number of anilines is 3. The molecule has 5 nitrogen and oxygen atoms in total. The van der Waals surface area contributed by atoms with Gasteiger partial charge in [0.25, 0.3) is 0 Å². The molecule has 0 bridgehead atoms. The highest BCUT2D eigenvalue weighted by molar-refractivity contribution is 7.25. The Morgan fingerprint density at radius 2 is 0.835 bits per heavy atom. The van der Waals surface area contributed by atoms with E-state index in [9.17, 15) is 0 Å². The SMILES string of the molecule is c1ccc(-c2cc(-c3ccccc3)cc(-c3cc(-c4cccc(N5c6ccccc6C6(c7ccoc7-c7occc76)c6c5ccc5sc7ccccc7c65)c4)nc(-c4cc(-c5ccccc5)cc(-c5ccccc5)c4)n3)c2)cc1. The summed E-state index contributed by atoms with van der Waals surface area (Å²) in [7, 11) is 0. The molecule has 0 atom stereocenters. The summed E-state index contributed by atoms with van der Waals surface area (Å²) < 4.78 is 15.2. The van der Waals surface area contributed by atoms with Crippen molar-refractivity contribution in [1.82, 2.24) is 9.97 Å². The van der Waals surface area contributed by atoms with Gasteiger partial charge < -0.3 is 13.7 Å². The summed E-state index contributed by atoms with van der Waals surface area (Å²) in [4.78, 5) is 13.7. The van der Waals surface area contributed by atoms with Crippen molar-refractivity contribution in [3.8, 4) is 89.9 Å². The second kappa shape index (κ2) is 18.0. The minimum atomic E-state index is -0.718. The van der Waals surface area contributed by atoms with Gasteiger partial charge in [0.15, 0.2) is 17.3 Å². The van der Waals surface area contributed by atoms with Gasteiger partial charge in [-0.15, -0.1) is 11.3 Å². The molecule has 0 saturated heterocycles. The molecule has 0 amide bonds. The van der Waals surface area contributed by atoms with Crippen molar-refractivity contribution in [2.45, 2.75) is 5.41 Å². The van der Waals surface area contributed by atoms with Gasteiger partial charge in [0, 0.05) is 59.2 Å². The van der Waals surface area contributed by atoms with E-state index < -0.39 is 5.41 Å². The summed E-state index contributed by atoms with van der Waals surface area (Å²) in [5.74, 6) is 2.19. The van der Waals surface area contributed by atoms with Gasteiger partial charge in [-0.05, 0) is 141 Å². The van der Waals surface area contributed by atoms with E-state index in [0.29, 0.717) is 5.82 Å². The third-order valence-corrected chi connectivity index (χ3v) is 17.1. The zero-order valence-corrected chi connectivity index (χ0v) is 43.4. The Morgan fingerprint density at radius 3 is 1.43 bits per heavy atom. The Balaban J connectivity index is 0.937. The van der Waals surface area contributed by atoms with Gasteiger partial charge in [-0.2, -0.15) is 0 Å². The quantitative estimate of drug-likeness (QED) is 0.152. The number of rotatable bonds is 8. The number of hydrogen-bond donors (Lipinski definition) is 0. The number of furan rings is 2. The summed E-state index contributed by atoms with van der Waals surface area (Å²) in [6.07, 6.45) is 3.62. The summed E-state index contributed by atoms with van der Waals surface area (Å²) in [6, 6.07) is 93.7. The van der Waals surface area contributed by atoms with Crippen molar-refractivity contribution in [3.05, 3.63) is 296 Å². The zero-order chi connectivity index (χ0) is 52.0. The highest BCUT2D eigenvalue weighted by Crippen LogP contribution is 2.66. The van der Waals surface area contributed by atoms with Crippen molar-refractivity contribution < 1.29 is 8.83 Å². The van der Waals surface area contributed by atoms with E-state index in [0.717, 1.165) is 118 Å². The van der Waals surface area contributed by atoms with Crippen LogP contribution in [0, 0.1) is 0 Å². The molecule has 4 aromatic heterocycles. The second-order valence-electron chi connectivity index (χ2n) is 20.4. The molecule has 0 N–H and O–H groups in total. The van der Waals surface area contributed by atoms with Gasteiger partial charge in [-0.25, -0.2) is 9.97 Å². The lowest BCUT2D eigenvalue weighted by atomic mass is 9.64. The smallest absolute Gasteiger partial charge is 0.174 e. The summed E-state index contributed by atoms with van der Waals surface area (Å²) >= 11 is 1.84. The first kappa shape index (κ1) is 45.1. The molecule has 0 radical (unpaired) electrons. The lowest BCUT2D eigenvalue weighted by Crippen LogP contribution is -2.36. The lowest BCUT2D eigenvalue weighted by Gasteiger charge is -2.44. The van der Waals surface area contributed by atoms with Gasteiger partial charge in [0.2, 0.25) is 0 Å². The molecule has 79 heavy (non-hydrogen) atoms. The van der Waals surface area contributed by atoms with Crippen LogP contribution < -0.4 is 4.90 Å². The first-order valence-electron chi connectivity index (χ1n) is 26.7. The van der Waals surface area contributed by atoms with Crippen LogP contribution in [0.2, 0.25) is 0 Å². The summed E-state index contributed by atoms with van der Waals surface area (Å²) in [5, 5.41) is 2.47. The highest BCUT2D eigenvalue weighted by Gasteiger charge is 2.55. The van der Waals surface area contributed by atoms with E-state index in [4.69, 9.17) is 18.8 Å². The molecule has 1 aliphatic carbocycles. The monoisotopic (exact) mass is 1030 g/mol. The van der Waals surface area contributed by atoms with Gasteiger partial charge in [0.05, 0.1) is 40.7 Å². The van der Waals surface area contributed by atoms with E-state index in [2.05, 4.69) is 266 Å². The fourth-order valence-corrected chi connectivity index (χ4v) is 13.7. The molecular formula is C73H45N3O2S. The Bertz CT molecular complexity index is 4370. The van der Waals surface area contributed by atoms with Crippen molar-refractivity contribution in [2.75, 3.05) is 4.90 Å². The van der Waals surface area contributed by atoms with Crippen LogP contribution in [0.1, 0.15) is 22.3 Å². The van der Waals surface area contributed by atoms with Gasteiger partial charge >= 0.3 is 0 Å². The van der Waals surface area contributed by atoms with Crippen LogP contribution in [0.4, 0.5) is 17.1 Å². The van der Waals surface area contributed by atoms with E-state index in [1.807, 2.05) is 23.9 Å². The van der Waals surface area contributed by atoms with Crippen molar-refractivity contribution >= 4 is 48.6 Å². The average molecular weight is 1030 g/mol. The number of thiophene rings is 1. The molecule has 16 rings (SSSR count). The van der Waals surface area contributed by atoms with E-state index in [1.54, 1.807) is 0 Å². The van der Waals surface area contributed by atoms with Crippen LogP contribution in [0.25, 0.3) is 110 Å². The second-order valence-corrected chi connectivity index (χ2v) is 21.5. The number of hydrogen-bond acceptors (Lipinski definition) is 6. The maximum Gasteiger partial charge on any atom is 0.174 e. The fraction of sp³-hybridized carbons (Fsp3) is 0.0137. The maximum atomic E-state index is 6.36. The van der Waals surface area contributed by atoms with Crippen LogP contribution in [-0.4, -0.2) is 9.97 Å². The summed E-state index contributed by atoms with van der Waals surface area (Å²) in [6.45, 7) is 0. The Kier molecular flexibility index (Phi) is 10.3. The molecule has 0 saturated carbocycles. The number of para-hydroxylation sites is 1. The lowest BCUT2D eigenvalue weighted by molar-refractivity contribution is 0.525. The molecular weight excluding hydrogens is 983 g/mol. The molecule has 1 aliphatic heterocycles. The van der Waals surface area contributed by atoms with E-state index in [-0.39, 0.29) is 0 Å². The topological polar surface area (TPSA) is 55.3 Å². The van der Waals surface area contributed by atoms with Crippen molar-refractivity contribution in [2.24, 2.45) is 0 Å². The Hall–Kier alpha value is -10.1. The summed E-state index contributed by atoms with van der Waals surface area (Å²) in [5.41, 5.74) is 20.4. The van der Waals surface area contributed by atoms with Crippen LogP contribution in [0.3, 0.4) is 0 Å². The average Bonchev–Trinajstić information content (AvgIpc) is 4.47. The molecule has 1 spiro atoms. The van der Waals surface area contributed by atoms with Gasteiger partial charge in [0.1, 0.15) is 0 Å². The van der Waals surface area contributed by atoms with Crippen LogP contribution >= 0.6 is 11.3 Å². The Morgan fingerprint density at radius 1 is 0.342 bits per heavy atom. The van der Waals surface area contributed by atoms with E-state index >= 15 is 0 Å². The minimum absolute atomic E-state index is 0.634. The molecule has 0 unspecified atom stereocenters. The predicted molar refractivity (Wildman–Crippen MR) is 323 cm³/mol. The molecule has 14 aromatic rings. The number of aromatic nitrogens is 2.